The number of hydrogen-bond donors (Lipinski definition) is 2. The van der Waals surface area contributed by atoms with Gasteiger partial charge in [-0.1, -0.05) is 24.3 Å². The molecule has 1 aliphatic carbocycles. The van der Waals surface area contributed by atoms with E-state index in [-0.39, 0.29) is 6.04 Å². The maximum atomic E-state index is 6.14. The van der Waals surface area contributed by atoms with Crippen LogP contribution in [0.3, 0.4) is 0 Å². The highest BCUT2D eigenvalue weighted by atomic mass is 14.9. The Morgan fingerprint density at radius 2 is 1.78 bits per heavy atom. The van der Waals surface area contributed by atoms with E-state index >= 15 is 0 Å². The van der Waals surface area contributed by atoms with E-state index in [0.29, 0.717) is 5.41 Å². The van der Waals surface area contributed by atoms with E-state index in [4.69, 9.17) is 5.73 Å². The summed E-state index contributed by atoms with van der Waals surface area (Å²) in [6, 6.07) is 9.62. The zero-order valence-corrected chi connectivity index (χ0v) is 11.3. The van der Waals surface area contributed by atoms with Gasteiger partial charge in [-0.2, -0.15) is 0 Å². The standard InChI is InChI=1S/C16H24N2/c1-12(17)16(8-9-16)15-4-2-13(3-5-15)14-6-10-18-11-7-14/h2-5,12,14,18H,6-11,17H2,1H3. The normalized spacial score (nSPS) is 24.8. The molecule has 18 heavy (non-hydrogen) atoms. The molecule has 1 heterocycles. The first-order valence-electron chi connectivity index (χ1n) is 7.29. The van der Waals surface area contributed by atoms with Crippen LogP contribution in [0, 0.1) is 0 Å². The third-order valence-corrected chi connectivity index (χ3v) is 4.96. The van der Waals surface area contributed by atoms with Gasteiger partial charge in [-0.25, -0.2) is 0 Å². The highest BCUT2D eigenvalue weighted by Crippen LogP contribution is 2.50. The quantitative estimate of drug-likeness (QED) is 0.857. The fourth-order valence-corrected chi connectivity index (χ4v) is 3.38. The van der Waals surface area contributed by atoms with Crippen molar-refractivity contribution in [3.63, 3.8) is 0 Å². The molecule has 3 rings (SSSR count). The molecule has 2 fully saturated rings. The first-order chi connectivity index (χ1) is 8.72. The van der Waals surface area contributed by atoms with Crippen molar-refractivity contribution in [3.05, 3.63) is 35.4 Å². The van der Waals surface area contributed by atoms with E-state index < -0.39 is 0 Å². The van der Waals surface area contributed by atoms with Crippen molar-refractivity contribution in [3.8, 4) is 0 Å². The molecule has 1 saturated carbocycles. The summed E-state index contributed by atoms with van der Waals surface area (Å²) < 4.78 is 0. The van der Waals surface area contributed by atoms with Crippen molar-refractivity contribution in [1.82, 2.24) is 5.32 Å². The van der Waals surface area contributed by atoms with Crippen molar-refractivity contribution in [1.29, 1.82) is 0 Å². The number of nitrogens with one attached hydrogen (secondary N) is 1. The zero-order chi connectivity index (χ0) is 12.6. The van der Waals surface area contributed by atoms with Crippen molar-refractivity contribution >= 4 is 0 Å². The molecule has 0 radical (unpaired) electrons. The van der Waals surface area contributed by atoms with Gasteiger partial charge in [0.05, 0.1) is 0 Å². The zero-order valence-electron chi connectivity index (χ0n) is 11.3. The smallest absolute Gasteiger partial charge is 0.0108 e. The molecule has 1 aromatic rings. The molecule has 98 valence electrons. The molecule has 2 heteroatoms. The number of rotatable bonds is 3. The highest BCUT2D eigenvalue weighted by Gasteiger charge is 2.47. The van der Waals surface area contributed by atoms with Gasteiger partial charge >= 0.3 is 0 Å². The Morgan fingerprint density at radius 3 is 2.28 bits per heavy atom. The summed E-state index contributed by atoms with van der Waals surface area (Å²) in [5, 5.41) is 3.43. The van der Waals surface area contributed by atoms with Crippen LogP contribution in [0.4, 0.5) is 0 Å². The Labute approximate surface area is 110 Å². The molecule has 3 N–H and O–H groups in total. The predicted molar refractivity (Wildman–Crippen MR) is 75.8 cm³/mol. The van der Waals surface area contributed by atoms with Gasteiger partial charge in [0.25, 0.3) is 0 Å². The largest absolute Gasteiger partial charge is 0.327 e. The van der Waals surface area contributed by atoms with Crippen LogP contribution < -0.4 is 11.1 Å². The molecule has 2 aliphatic rings. The molecule has 2 nitrogen and oxygen atoms in total. The summed E-state index contributed by atoms with van der Waals surface area (Å²) in [4.78, 5) is 0. The molecular weight excluding hydrogens is 220 g/mol. The minimum absolute atomic E-state index is 0.280. The summed E-state index contributed by atoms with van der Waals surface area (Å²) in [5.41, 5.74) is 9.40. The van der Waals surface area contributed by atoms with Gasteiger partial charge in [0, 0.05) is 11.5 Å². The number of nitrogens with two attached hydrogens (primary N) is 1. The topological polar surface area (TPSA) is 38.0 Å². The molecule has 1 aromatic carbocycles. The average molecular weight is 244 g/mol. The molecule has 0 aromatic heterocycles. The Morgan fingerprint density at radius 1 is 1.17 bits per heavy atom. The molecular formula is C16H24N2. The van der Waals surface area contributed by atoms with Gasteiger partial charge < -0.3 is 11.1 Å². The van der Waals surface area contributed by atoms with Crippen LogP contribution in [0.15, 0.2) is 24.3 Å². The fraction of sp³-hybridized carbons (Fsp3) is 0.625. The number of benzene rings is 1. The Hall–Kier alpha value is -0.860. The van der Waals surface area contributed by atoms with E-state index in [1.807, 2.05) is 0 Å². The molecule has 1 aliphatic heterocycles. The lowest BCUT2D eigenvalue weighted by Gasteiger charge is -2.24. The van der Waals surface area contributed by atoms with Crippen LogP contribution >= 0.6 is 0 Å². The molecule has 1 atom stereocenters. The van der Waals surface area contributed by atoms with Crippen LogP contribution in [-0.2, 0) is 5.41 Å². The SMILES string of the molecule is CC(N)C1(c2ccc(C3CCNCC3)cc2)CC1. The van der Waals surface area contributed by atoms with Gasteiger partial charge in [0.1, 0.15) is 0 Å². The lowest BCUT2D eigenvalue weighted by molar-refractivity contribution is 0.460. The van der Waals surface area contributed by atoms with Gasteiger partial charge in [-0.3, -0.25) is 0 Å². The molecule has 0 bridgehead atoms. The Kier molecular flexibility index (Phi) is 3.16. The number of hydrogen-bond acceptors (Lipinski definition) is 2. The maximum Gasteiger partial charge on any atom is 0.0108 e. The van der Waals surface area contributed by atoms with Gasteiger partial charge in [0.15, 0.2) is 0 Å². The predicted octanol–water partition coefficient (Wildman–Crippen LogP) is 2.53. The average Bonchev–Trinajstić information content (AvgIpc) is 3.22. The second-order valence-corrected chi connectivity index (χ2v) is 6.09. The molecule has 1 saturated heterocycles. The number of piperidine rings is 1. The summed E-state index contributed by atoms with van der Waals surface area (Å²) in [6.45, 7) is 4.47. The lowest BCUT2D eigenvalue weighted by Crippen LogP contribution is -2.31. The maximum absolute atomic E-state index is 6.14. The monoisotopic (exact) mass is 244 g/mol. The third kappa shape index (κ3) is 2.08. The van der Waals surface area contributed by atoms with Crippen LogP contribution in [-0.4, -0.2) is 19.1 Å². The van der Waals surface area contributed by atoms with Crippen molar-refractivity contribution in [2.24, 2.45) is 5.73 Å². The van der Waals surface area contributed by atoms with Crippen LogP contribution in [0.5, 0.6) is 0 Å². The van der Waals surface area contributed by atoms with Gasteiger partial charge in [0.2, 0.25) is 0 Å². The van der Waals surface area contributed by atoms with E-state index in [9.17, 15) is 0 Å². The molecule has 0 amide bonds. The van der Waals surface area contributed by atoms with Crippen molar-refractivity contribution < 1.29 is 0 Å². The van der Waals surface area contributed by atoms with Gasteiger partial charge in [-0.05, 0) is 62.7 Å². The first kappa shape index (κ1) is 12.2. The summed E-state index contributed by atoms with van der Waals surface area (Å²) in [5.74, 6) is 0.755. The van der Waals surface area contributed by atoms with Crippen molar-refractivity contribution in [2.75, 3.05) is 13.1 Å². The van der Waals surface area contributed by atoms with Crippen molar-refractivity contribution in [2.45, 2.75) is 50.0 Å². The fourth-order valence-electron chi connectivity index (χ4n) is 3.38. The minimum atomic E-state index is 0.280. The Bertz CT molecular complexity index is 398. The van der Waals surface area contributed by atoms with E-state index in [2.05, 4.69) is 36.5 Å². The first-order valence-corrected chi connectivity index (χ1v) is 7.29. The van der Waals surface area contributed by atoms with E-state index in [1.165, 1.54) is 36.8 Å². The second kappa shape index (κ2) is 4.67. The second-order valence-electron chi connectivity index (χ2n) is 6.09. The Balaban J connectivity index is 1.77. The highest BCUT2D eigenvalue weighted by molar-refractivity contribution is 5.36. The van der Waals surface area contributed by atoms with E-state index in [0.717, 1.165) is 19.0 Å². The minimum Gasteiger partial charge on any atom is -0.327 e. The van der Waals surface area contributed by atoms with Crippen LogP contribution in [0.2, 0.25) is 0 Å². The third-order valence-electron chi connectivity index (χ3n) is 4.96. The van der Waals surface area contributed by atoms with Gasteiger partial charge in [-0.15, -0.1) is 0 Å². The summed E-state index contributed by atoms with van der Waals surface area (Å²) >= 11 is 0. The lowest BCUT2D eigenvalue weighted by atomic mass is 9.85. The summed E-state index contributed by atoms with van der Waals surface area (Å²) in [6.07, 6.45) is 5.07. The van der Waals surface area contributed by atoms with Crippen LogP contribution in [0.25, 0.3) is 0 Å². The van der Waals surface area contributed by atoms with E-state index in [1.54, 1.807) is 0 Å². The molecule has 1 unspecified atom stereocenters. The molecule has 0 spiro atoms. The van der Waals surface area contributed by atoms with Crippen LogP contribution in [0.1, 0.15) is 49.7 Å². The summed E-state index contributed by atoms with van der Waals surface area (Å²) in [7, 11) is 0.